The zero-order valence-corrected chi connectivity index (χ0v) is 34.1. The molecule has 11 heteroatoms. The number of aliphatic hydroxyl groups excluding tert-OH is 1. The van der Waals surface area contributed by atoms with Crippen LogP contribution < -0.4 is 0 Å². The van der Waals surface area contributed by atoms with Gasteiger partial charge in [-0.05, 0) is 150 Å². The first kappa shape index (κ1) is 41.9. The summed E-state index contributed by atoms with van der Waals surface area (Å²) in [4.78, 5) is 1.35. The molecule has 0 amide bonds. The molecule has 10 atom stereocenters. The van der Waals surface area contributed by atoms with E-state index in [9.17, 15) is 5.11 Å². The summed E-state index contributed by atoms with van der Waals surface area (Å²) in [6, 6.07) is 4.33. The van der Waals surface area contributed by atoms with Crippen molar-refractivity contribution in [1.82, 2.24) is 0 Å². The van der Waals surface area contributed by atoms with Gasteiger partial charge in [-0.3, -0.25) is 0 Å². The molecule has 53 heavy (non-hydrogen) atoms. The van der Waals surface area contributed by atoms with Gasteiger partial charge in [-0.25, -0.2) is 0 Å². The van der Waals surface area contributed by atoms with Crippen LogP contribution in [0.5, 0.6) is 0 Å². The third-order valence-corrected chi connectivity index (χ3v) is 12.9. The Morgan fingerprint density at radius 2 is 1.42 bits per heavy atom. The number of rotatable bonds is 20. The van der Waals surface area contributed by atoms with Gasteiger partial charge in [-0.2, -0.15) is 0 Å². The highest BCUT2D eigenvalue weighted by atomic mass is 79.9. The molecule has 300 valence electrons. The number of aryl methyl sites for hydroxylation is 1. The maximum absolute atomic E-state index is 10.5. The van der Waals surface area contributed by atoms with E-state index in [0.29, 0.717) is 13.0 Å². The molecule has 1 aliphatic carbocycles. The Kier molecular flexibility index (Phi) is 18.6. The minimum atomic E-state index is -0.470. The predicted molar refractivity (Wildman–Crippen MR) is 210 cm³/mol. The van der Waals surface area contributed by atoms with Crippen LogP contribution >= 0.6 is 27.3 Å². The maximum atomic E-state index is 10.5. The second-order valence-corrected chi connectivity index (χ2v) is 18.0. The molecule has 0 bridgehead atoms. The molecular weight excluding hydrogens is 760 g/mol. The quantitative estimate of drug-likeness (QED) is 0.102. The summed E-state index contributed by atoms with van der Waals surface area (Å²) < 4.78 is 51.2. The van der Waals surface area contributed by atoms with E-state index < -0.39 is 6.10 Å². The first-order chi connectivity index (χ1) is 26.1. The zero-order chi connectivity index (χ0) is 36.5. The van der Waals surface area contributed by atoms with Gasteiger partial charge in [-0.15, -0.1) is 11.3 Å². The number of aliphatic hydroxyl groups is 1. The molecule has 1 N–H and O–H groups in total. The average Bonchev–Trinajstić information content (AvgIpc) is 3.76. The number of allylic oxidation sites excluding steroid dienone is 2. The molecule has 4 aliphatic heterocycles. The molecule has 0 aromatic carbocycles. The first-order valence-electron chi connectivity index (χ1n) is 20.9. The molecule has 5 fully saturated rings. The van der Waals surface area contributed by atoms with Crippen LogP contribution in [-0.2, 0) is 44.3 Å². The smallest absolute Gasteiger partial charge is 0.158 e. The monoisotopic (exact) mass is 824 g/mol. The molecule has 6 rings (SSSR count). The summed E-state index contributed by atoms with van der Waals surface area (Å²) in [6.45, 7) is 3.36. The van der Waals surface area contributed by atoms with Crippen LogP contribution in [0.25, 0.3) is 0 Å². The third kappa shape index (κ3) is 14.6. The molecule has 1 saturated carbocycles. The molecule has 5 aliphatic rings. The molecule has 1 aromatic heterocycles. The van der Waals surface area contributed by atoms with E-state index in [0.717, 1.165) is 146 Å². The molecule has 5 unspecified atom stereocenters. The Morgan fingerprint density at radius 3 is 2.04 bits per heavy atom. The number of hydrogen-bond donors (Lipinski definition) is 1. The van der Waals surface area contributed by atoms with Gasteiger partial charge >= 0.3 is 0 Å². The van der Waals surface area contributed by atoms with Crippen LogP contribution in [0.3, 0.4) is 0 Å². The van der Waals surface area contributed by atoms with Crippen molar-refractivity contribution in [2.24, 2.45) is 11.8 Å². The van der Waals surface area contributed by atoms with Crippen molar-refractivity contribution >= 4 is 27.3 Å². The van der Waals surface area contributed by atoms with Gasteiger partial charge in [0.2, 0.25) is 0 Å². The van der Waals surface area contributed by atoms with Crippen LogP contribution in [0.4, 0.5) is 0 Å². The second-order valence-electron chi connectivity index (χ2n) is 15.4. The van der Waals surface area contributed by atoms with Crippen LogP contribution in [0, 0.1) is 11.8 Å². The SMILES string of the molecule is OC(CCC/C=C\C[C@@H]1[C@@H](/C=C/[C@H](CCc2ccc(Br)s2)OC2CCCCO2)[C@H](OC2CCCCO2)C[C@@H]1OC1CCCCO1)COC1CCCCO1. The van der Waals surface area contributed by atoms with E-state index in [1.807, 2.05) is 0 Å². The highest BCUT2D eigenvalue weighted by Crippen LogP contribution is 2.42. The van der Waals surface area contributed by atoms with Gasteiger partial charge < -0.3 is 43.0 Å². The fourth-order valence-corrected chi connectivity index (χ4v) is 9.72. The maximum Gasteiger partial charge on any atom is 0.158 e. The van der Waals surface area contributed by atoms with Crippen molar-refractivity contribution < 1.29 is 43.0 Å². The summed E-state index contributed by atoms with van der Waals surface area (Å²) in [5.41, 5.74) is 0. The summed E-state index contributed by atoms with van der Waals surface area (Å²) in [7, 11) is 0. The van der Waals surface area contributed by atoms with Gasteiger partial charge in [0.15, 0.2) is 25.2 Å². The van der Waals surface area contributed by atoms with Crippen LogP contribution in [0.2, 0.25) is 0 Å². The number of unbranched alkanes of at least 4 members (excludes halogenated alkanes) is 1. The summed E-state index contributed by atoms with van der Waals surface area (Å²) in [6.07, 6.45) is 26.7. The van der Waals surface area contributed by atoms with Crippen molar-refractivity contribution in [2.75, 3.05) is 33.0 Å². The summed E-state index contributed by atoms with van der Waals surface area (Å²) in [5.74, 6) is 0.352. The lowest BCUT2D eigenvalue weighted by atomic mass is 9.89. The van der Waals surface area contributed by atoms with Crippen molar-refractivity contribution in [1.29, 1.82) is 0 Å². The van der Waals surface area contributed by atoms with E-state index in [2.05, 4.69) is 52.4 Å². The average molecular weight is 826 g/mol. The Hall–Kier alpha value is -0.700. The Bertz CT molecular complexity index is 1190. The van der Waals surface area contributed by atoms with Gasteiger partial charge in [0.1, 0.15) is 0 Å². The largest absolute Gasteiger partial charge is 0.391 e. The number of ether oxygens (including phenoxy) is 8. The molecular formula is C42H65BrO9S. The van der Waals surface area contributed by atoms with E-state index in [1.165, 1.54) is 4.88 Å². The first-order valence-corrected chi connectivity index (χ1v) is 22.5. The highest BCUT2D eigenvalue weighted by molar-refractivity contribution is 9.11. The fraction of sp³-hybridized carbons (Fsp3) is 0.810. The number of hydrogen-bond acceptors (Lipinski definition) is 10. The predicted octanol–water partition coefficient (Wildman–Crippen LogP) is 9.39. The zero-order valence-electron chi connectivity index (χ0n) is 31.7. The minimum absolute atomic E-state index is 0.0106. The number of thiophene rings is 1. The molecule has 5 heterocycles. The minimum Gasteiger partial charge on any atom is -0.391 e. The van der Waals surface area contributed by atoms with Gasteiger partial charge in [0, 0.05) is 43.6 Å². The third-order valence-electron chi connectivity index (χ3n) is 11.2. The fourth-order valence-electron chi connectivity index (χ4n) is 8.22. The Morgan fingerprint density at radius 1 is 0.774 bits per heavy atom. The van der Waals surface area contributed by atoms with Crippen molar-refractivity contribution in [3.05, 3.63) is 45.1 Å². The van der Waals surface area contributed by atoms with Gasteiger partial charge in [0.25, 0.3) is 0 Å². The van der Waals surface area contributed by atoms with Gasteiger partial charge in [-0.1, -0.05) is 24.3 Å². The van der Waals surface area contributed by atoms with Crippen LogP contribution in [-0.4, -0.2) is 87.7 Å². The normalized spacial score (nSPS) is 32.8. The van der Waals surface area contributed by atoms with Crippen LogP contribution in [0.1, 0.15) is 120 Å². The Labute approximate surface area is 330 Å². The molecule has 4 saturated heterocycles. The van der Waals surface area contributed by atoms with Crippen LogP contribution in [0.15, 0.2) is 40.2 Å². The standard InChI is InChI=1S/C42H65BrO9S/c43-38-24-22-33(53-38)21-19-32(50-40-16-6-10-26-46-40)20-23-35-34(14-4-2-1-3-13-31(44)30-49-39-15-5-9-25-45-39)36(51-41-17-7-11-27-47-41)29-37(35)52-42-18-8-12-28-48-42/h2,4,20,22-24,31-32,34-37,39-42,44H,1,3,5-19,21,25-30H2/b4-2-,23-20+/t31?,32-,34+,35+,36-,37+,39?,40?,41?,42?/m0/s1. The summed E-state index contributed by atoms with van der Waals surface area (Å²) >= 11 is 5.42. The molecule has 1 aromatic rings. The van der Waals surface area contributed by atoms with E-state index in [1.54, 1.807) is 11.3 Å². The lowest BCUT2D eigenvalue weighted by Gasteiger charge is -2.30. The highest BCUT2D eigenvalue weighted by Gasteiger charge is 2.45. The van der Waals surface area contributed by atoms with Crippen molar-refractivity contribution in [3.63, 3.8) is 0 Å². The lowest BCUT2D eigenvalue weighted by molar-refractivity contribution is -0.203. The number of halogens is 1. The summed E-state index contributed by atoms with van der Waals surface area (Å²) in [5, 5.41) is 10.5. The second kappa shape index (κ2) is 23.5. The van der Waals surface area contributed by atoms with Gasteiger partial charge in [0.05, 0.1) is 34.8 Å². The lowest BCUT2D eigenvalue weighted by Crippen LogP contribution is -2.31. The van der Waals surface area contributed by atoms with E-state index in [4.69, 9.17) is 37.9 Å². The molecule has 0 radical (unpaired) electrons. The van der Waals surface area contributed by atoms with E-state index >= 15 is 0 Å². The molecule has 9 nitrogen and oxygen atoms in total. The van der Waals surface area contributed by atoms with Crippen molar-refractivity contribution in [2.45, 2.75) is 172 Å². The molecule has 0 spiro atoms. The van der Waals surface area contributed by atoms with Crippen molar-refractivity contribution in [3.8, 4) is 0 Å². The topological polar surface area (TPSA) is 94.1 Å². The Balaban J connectivity index is 1.12. The van der Waals surface area contributed by atoms with E-state index in [-0.39, 0.29) is 55.3 Å².